The number of carbonyl (C=O) groups excluding carboxylic acids is 1. The molecule has 94 valence electrons. The highest BCUT2D eigenvalue weighted by Crippen LogP contribution is 2.15. The lowest BCUT2D eigenvalue weighted by Gasteiger charge is -2.08. The van der Waals surface area contributed by atoms with Crippen LogP contribution in [0.5, 0.6) is 0 Å². The van der Waals surface area contributed by atoms with Crippen molar-refractivity contribution in [2.24, 2.45) is 0 Å². The summed E-state index contributed by atoms with van der Waals surface area (Å²) in [5.74, 6) is -0.272. The lowest BCUT2D eigenvalue weighted by Crippen LogP contribution is -2.14. The van der Waals surface area contributed by atoms with E-state index in [1.54, 1.807) is 19.1 Å². The van der Waals surface area contributed by atoms with Crippen molar-refractivity contribution in [1.82, 2.24) is 4.98 Å². The van der Waals surface area contributed by atoms with Crippen molar-refractivity contribution in [2.75, 3.05) is 5.32 Å². The van der Waals surface area contributed by atoms with Crippen LogP contribution < -0.4 is 5.32 Å². The van der Waals surface area contributed by atoms with Crippen molar-refractivity contribution in [3.8, 4) is 6.07 Å². The minimum atomic E-state index is -0.272. The number of H-pyrrole nitrogens is 1. The number of hydrogen-bond acceptors (Lipinski definition) is 3. The zero-order valence-corrected chi connectivity index (χ0v) is 11.0. The van der Waals surface area contributed by atoms with Crippen LogP contribution in [0.15, 0.2) is 36.5 Å². The average molecular weight is 269 g/mol. The maximum Gasteiger partial charge on any atom is 0.257 e. The zero-order valence-electron chi connectivity index (χ0n) is 10.2. The van der Waals surface area contributed by atoms with Crippen LogP contribution in [0, 0.1) is 22.9 Å². The molecule has 0 spiro atoms. The number of benzene rings is 1. The van der Waals surface area contributed by atoms with Crippen molar-refractivity contribution < 1.29 is 4.79 Å². The van der Waals surface area contributed by atoms with E-state index >= 15 is 0 Å². The molecule has 0 aliphatic heterocycles. The molecule has 0 aliphatic rings. The van der Waals surface area contributed by atoms with Crippen LogP contribution in [0.25, 0.3) is 0 Å². The fourth-order valence-electron chi connectivity index (χ4n) is 1.71. The third-order valence-electron chi connectivity index (χ3n) is 2.74. The summed E-state index contributed by atoms with van der Waals surface area (Å²) in [6.07, 6.45) is 1.52. The maximum atomic E-state index is 12.1. The van der Waals surface area contributed by atoms with Crippen molar-refractivity contribution in [2.45, 2.75) is 6.92 Å². The van der Waals surface area contributed by atoms with Crippen molar-refractivity contribution in [3.63, 3.8) is 0 Å². The Morgan fingerprint density at radius 1 is 1.37 bits per heavy atom. The minimum absolute atomic E-state index is 0.272. The zero-order chi connectivity index (χ0) is 13.8. The molecule has 4 nitrogen and oxygen atoms in total. The summed E-state index contributed by atoms with van der Waals surface area (Å²) in [6.45, 7) is 1.71. The second-order valence-electron chi connectivity index (χ2n) is 3.96. The van der Waals surface area contributed by atoms with Gasteiger partial charge in [-0.2, -0.15) is 5.26 Å². The Hall–Kier alpha value is -2.45. The average Bonchev–Trinajstić information content (AvgIpc) is 2.40. The van der Waals surface area contributed by atoms with Crippen LogP contribution >= 0.6 is 12.2 Å². The summed E-state index contributed by atoms with van der Waals surface area (Å²) in [6, 6.07) is 11.1. The molecule has 1 aromatic heterocycles. The van der Waals surface area contributed by atoms with E-state index in [0.29, 0.717) is 27.0 Å². The van der Waals surface area contributed by atoms with Gasteiger partial charge in [0.25, 0.3) is 5.91 Å². The Kier molecular flexibility index (Phi) is 3.74. The smallest absolute Gasteiger partial charge is 0.257 e. The van der Waals surface area contributed by atoms with Crippen molar-refractivity contribution in [3.05, 3.63) is 57.9 Å². The molecule has 2 aromatic rings. The number of aromatic nitrogens is 1. The van der Waals surface area contributed by atoms with E-state index < -0.39 is 0 Å². The second-order valence-corrected chi connectivity index (χ2v) is 4.37. The normalized spacial score (nSPS) is 9.68. The number of rotatable bonds is 2. The third-order valence-corrected chi connectivity index (χ3v) is 3.06. The maximum absolute atomic E-state index is 12.1. The summed E-state index contributed by atoms with van der Waals surface area (Å²) in [7, 11) is 0. The predicted molar refractivity (Wildman–Crippen MR) is 75.5 cm³/mol. The van der Waals surface area contributed by atoms with Crippen LogP contribution in [0.3, 0.4) is 0 Å². The van der Waals surface area contributed by atoms with Crippen LogP contribution in [0.2, 0.25) is 0 Å². The van der Waals surface area contributed by atoms with E-state index in [0.717, 1.165) is 0 Å². The van der Waals surface area contributed by atoms with E-state index in [4.69, 9.17) is 17.5 Å². The molecule has 2 N–H and O–H groups in total. The van der Waals surface area contributed by atoms with Gasteiger partial charge in [-0.15, -0.1) is 0 Å². The molecule has 5 heteroatoms. The predicted octanol–water partition coefficient (Wildman–Crippen LogP) is 3.18. The molecule has 0 radical (unpaired) electrons. The number of anilines is 1. The number of nitrogens with one attached hydrogen (secondary N) is 2. The van der Waals surface area contributed by atoms with E-state index in [1.165, 1.54) is 6.20 Å². The quantitative estimate of drug-likeness (QED) is 0.823. The number of amides is 1. The first kappa shape index (κ1) is 13.0. The van der Waals surface area contributed by atoms with Crippen molar-refractivity contribution >= 4 is 23.8 Å². The highest BCUT2D eigenvalue weighted by atomic mass is 32.1. The third kappa shape index (κ3) is 2.69. The van der Waals surface area contributed by atoms with Gasteiger partial charge in [-0.25, -0.2) is 0 Å². The van der Waals surface area contributed by atoms with Gasteiger partial charge in [0.05, 0.1) is 11.1 Å². The fourth-order valence-corrected chi connectivity index (χ4v) is 1.97. The molecule has 0 aliphatic carbocycles. The SMILES string of the molecule is Cc1c(C(=O)Nc2ccccc2)c[nH]c(=S)c1C#N. The van der Waals surface area contributed by atoms with Gasteiger partial charge in [0.1, 0.15) is 10.7 Å². The molecular weight excluding hydrogens is 258 g/mol. The molecule has 0 saturated carbocycles. The Morgan fingerprint density at radius 3 is 2.68 bits per heavy atom. The molecule has 1 amide bonds. The van der Waals surface area contributed by atoms with Crippen LogP contribution in [-0.4, -0.2) is 10.9 Å². The van der Waals surface area contributed by atoms with Crippen molar-refractivity contribution in [1.29, 1.82) is 5.26 Å². The first-order chi connectivity index (χ1) is 9.13. The molecular formula is C14H11N3OS. The van der Waals surface area contributed by atoms with Crippen LogP contribution in [0.4, 0.5) is 5.69 Å². The Balaban J connectivity index is 2.36. The molecule has 2 rings (SSSR count). The number of para-hydroxylation sites is 1. The topological polar surface area (TPSA) is 68.7 Å². The number of aromatic amines is 1. The number of hydrogen-bond donors (Lipinski definition) is 2. The number of nitrogens with zero attached hydrogens (tertiary/aromatic N) is 1. The Labute approximate surface area is 115 Å². The van der Waals surface area contributed by atoms with Crippen LogP contribution in [-0.2, 0) is 0 Å². The fraction of sp³-hybridized carbons (Fsp3) is 0.0714. The van der Waals surface area contributed by atoms with E-state index in [1.807, 2.05) is 24.3 Å². The van der Waals surface area contributed by atoms with E-state index in [9.17, 15) is 4.79 Å². The Bertz CT molecular complexity index is 714. The Morgan fingerprint density at radius 2 is 2.05 bits per heavy atom. The monoisotopic (exact) mass is 269 g/mol. The van der Waals surface area contributed by atoms with Gasteiger partial charge in [-0.1, -0.05) is 30.4 Å². The summed E-state index contributed by atoms with van der Waals surface area (Å²) in [5, 5.41) is 11.8. The van der Waals surface area contributed by atoms with Gasteiger partial charge in [0.15, 0.2) is 0 Å². The van der Waals surface area contributed by atoms with Gasteiger partial charge < -0.3 is 10.3 Å². The summed E-state index contributed by atoms with van der Waals surface area (Å²) < 4.78 is 0.344. The summed E-state index contributed by atoms with van der Waals surface area (Å²) in [4.78, 5) is 14.9. The molecule has 0 atom stereocenters. The van der Waals surface area contributed by atoms with E-state index in [-0.39, 0.29) is 5.91 Å². The van der Waals surface area contributed by atoms with Gasteiger partial charge >= 0.3 is 0 Å². The number of pyridine rings is 1. The lowest BCUT2D eigenvalue weighted by atomic mass is 10.1. The first-order valence-electron chi connectivity index (χ1n) is 5.62. The summed E-state index contributed by atoms with van der Waals surface area (Å²) >= 11 is 5.00. The molecule has 0 fully saturated rings. The highest BCUT2D eigenvalue weighted by molar-refractivity contribution is 7.71. The molecule has 0 saturated heterocycles. The standard InChI is InChI=1S/C14H11N3OS/c1-9-11(7-15)14(19)16-8-12(9)13(18)17-10-5-3-2-4-6-10/h2-6,8H,1H3,(H,16,19)(H,17,18). The van der Waals surface area contributed by atoms with Gasteiger partial charge in [0.2, 0.25) is 0 Å². The molecule has 0 unspecified atom stereocenters. The second kappa shape index (κ2) is 5.46. The largest absolute Gasteiger partial charge is 0.351 e. The highest BCUT2D eigenvalue weighted by Gasteiger charge is 2.13. The van der Waals surface area contributed by atoms with Gasteiger partial charge in [-0.3, -0.25) is 4.79 Å². The number of nitriles is 1. The number of carbonyl (C=O) groups is 1. The first-order valence-corrected chi connectivity index (χ1v) is 6.03. The van der Waals surface area contributed by atoms with E-state index in [2.05, 4.69) is 10.3 Å². The summed E-state index contributed by atoms with van der Waals surface area (Å²) in [5.41, 5.74) is 2.03. The molecule has 19 heavy (non-hydrogen) atoms. The molecule has 0 bridgehead atoms. The lowest BCUT2D eigenvalue weighted by molar-refractivity contribution is 0.102. The molecule has 1 aromatic carbocycles. The van der Waals surface area contributed by atoms with Gasteiger partial charge in [0, 0.05) is 11.9 Å². The minimum Gasteiger partial charge on any atom is -0.351 e. The van der Waals surface area contributed by atoms with Crippen LogP contribution in [0.1, 0.15) is 21.5 Å². The van der Waals surface area contributed by atoms with Gasteiger partial charge in [-0.05, 0) is 24.6 Å². The molecule has 1 heterocycles.